The van der Waals surface area contributed by atoms with Crippen molar-refractivity contribution in [2.24, 2.45) is 0 Å². The Morgan fingerprint density at radius 3 is 2.45 bits per heavy atom. The molecule has 0 radical (unpaired) electrons. The Bertz CT molecular complexity index is 432. The largest absolute Gasteiger partial charge is 0.454 e. The molecule has 0 saturated heterocycles. The minimum Gasteiger partial charge on any atom is -0.454 e. The Morgan fingerprint density at radius 1 is 1.30 bits per heavy atom. The summed E-state index contributed by atoms with van der Waals surface area (Å²) in [5, 5.41) is 8.06. The van der Waals surface area contributed by atoms with Crippen molar-refractivity contribution in [3.8, 4) is 0 Å². The lowest BCUT2D eigenvalue weighted by molar-refractivity contribution is 0.0346. The average molecular weight is 276 g/mol. The lowest BCUT2D eigenvalue weighted by Crippen LogP contribution is -2.21. The summed E-state index contributed by atoms with van der Waals surface area (Å²) in [7, 11) is 0. The van der Waals surface area contributed by atoms with E-state index in [1.54, 1.807) is 26.0 Å². The van der Waals surface area contributed by atoms with E-state index in [-0.39, 0.29) is 18.2 Å². The summed E-state index contributed by atoms with van der Waals surface area (Å²) >= 11 is 0. The maximum absolute atomic E-state index is 11.8. The van der Waals surface area contributed by atoms with E-state index < -0.39 is 0 Å². The van der Waals surface area contributed by atoms with E-state index in [4.69, 9.17) is 9.84 Å². The Kier molecular flexibility index (Phi) is 7.02. The predicted octanol–water partition coefficient (Wildman–Crippen LogP) is 3.73. The average Bonchev–Trinajstić information content (AvgIpc) is 2.42. The predicted molar refractivity (Wildman–Crippen MR) is 80.6 cm³/mol. The number of hydrogen-bond donors (Lipinski definition) is 1. The Balaban J connectivity index is 0.000000444. The molecule has 3 heteroatoms. The molecule has 1 N–H and O–H groups in total. The molecule has 110 valence electrons. The molecule has 0 bridgehead atoms. The highest BCUT2D eigenvalue weighted by atomic mass is 16.5. The third-order valence-electron chi connectivity index (χ3n) is 2.90. The number of aliphatic hydroxyl groups excluding tert-OH is 1. The second kappa shape index (κ2) is 8.54. The molecule has 2 rings (SSSR count). The van der Waals surface area contributed by atoms with Gasteiger partial charge in [-0.2, -0.15) is 0 Å². The molecule has 0 fully saturated rings. The summed E-state index contributed by atoms with van der Waals surface area (Å²) in [6, 6.07) is 9.15. The minimum atomic E-state index is -0.222. The summed E-state index contributed by atoms with van der Waals surface area (Å²) in [6.07, 6.45) is 5.12. The zero-order chi connectivity index (χ0) is 15.0. The molecule has 3 nitrogen and oxygen atoms in total. The van der Waals surface area contributed by atoms with Gasteiger partial charge in [0.15, 0.2) is 0 Å². The van der Waals surface area contributed by atoms with Gasteiger partial charge in [-0.3, -0.25) is 0 Å². The molecular formula is C17H24O3. The Morgan fingerprint density at radius 2 is 1.90 bits per heavy atom. The molecule has 1 aliphatic carbocycles. The van der Waals surface area contributed by atoms with Crippen LogP contribution in [0.15, 0.2) is 42.0 Å². The van der Waals surface area contributed by atoms with Crippen molar-refractivity contribution in [3.05, 3.63) is 47.5 Å². The summed E-state index contributed by atoms with van der Waals surface area (Å²) in [5.41, 5.74) is 1.80. The Hall–Kier alpha value is -1.61. The summed E-state index contributed by atoms with van der Waals surface area (Å²) in [5.74, 6) is -0.222. The molecule has 0 aliphatic heterocycles. The molecule has 1 unspecified atom stereocenters. The fourth-order valence-corrected chi connectivity index (χ4v) is 1.92. The fourth-order valence-electron chi connectivity index (χ4n) is 1.92. The number of carbonyl (C=O) groups excluding carboxylic acids is 1. The van der Waals surface area contributed by atoms with E-state index in [1.807, 2.05) is 25.1 Å². The van der Waals surface area contributed by atoms with Crippen LogP contribution < -0.4 is 0 Å². The number of aliphatic hydroxyl groups is 1. The molecule has 0 aromatic heterocycles. The van der Waals surface area contributed by atoms with Gasteiger partial charge in [0.2, 0.25) is 0 Å². The number of esters is 1. The van der Waals surface area contributed by atoms with Crippen LogP contribution >= 0.6 is 0 Å². The number of carbonyl (C=O) groups is 1. The van der Waals surface area contributed by atoms with Gasteiger partial charge in [-0.1, -0.05) is 24.3 Å². The quantitative estimate of drug-likeness (QED) is 0.661. The SMILES string of the molecule is CC(C)O.CC1=CCCCC1OC(=O)c1ccccc1. The highest BCUT2D eigenvalue weighted by Gasteiger charge is 2.19. The van der Waals surface area contributed by atoms with Crippen LogP contribution in [0.1, 0.15) is 50.4 Å². The number of rotatable bonds is 2. The van der Waals surface area contributed by atoms with Crippen LogP contribution in [0.25, 0.3) is 0 Å². The van der Waals surface area contributed by atoms with Gasteiger partial charge in [-0.25, -0.2) is 4.79 Å². The van der Waals surface area contributed by atoms with Crippen LogP contribution in [-0.4, -0.2) is 23.3 Å². The van der Waals surface area contributed by atoms with Crippen molar-refractivity contribution in [1.29, 1.82) is 0 Å². The van der Waals surface area contributed by atoms with E-state index in [9.17, 15) is 4.79 Å². The maximum Gasteiger partial charge on any atom is 0.338 e. The third-order valence-corrected chi connectivity index (χ3v) is 2.90. The van der Waals surface area contributed by atoms with Crippen LogP contribution in [0.4, 0.5) is 0 Å². The first-order valence-electron chi connectivity index (χ1n) is 7.11. The molecule has 1 aliphatic rings. The molecule has 0 saturated carbocycles. The van der Waals surface area contributed by atoms with E-state index in [1.165, 1.54) is 5.57 Å². The standard InChI is InChI=1S/C14H16O2.C3H8O/c1-11-7-5-6-10-13(11)16-14(15)12-8-3-2-4-9-12;1-3(2)4/h2-4,7-9,13H,5-6,10H2,1H3;3-4H,1-2H3. The normalized spacial score (nSPS) is 17.9. The van der Waals surface area contributed by atoms with Crippen molar-refractivity contribution >= 4 is 5.97 Å². The molecule has 1 aromatic rings. The van der Waals surface area contributed by atoms with Crippen molar-refractivity contribution in [1.82, 2.24) is 0 Å². The van der Waals surface area contributed by atoms with Gasteiger partial charge < -0.3 is 9.84 Å². The molecule has 0 amide bonds. The molecule has 1 aromatic carbocycles. The van der Waals surface area contributed by atoms with E-state index >= 15 is 0 Å². The maximum atomic E-state index is 11.8. The lowest BCUT2D eigenvalue weighted by atomic mass is 9.98. The number of hydrogen-bond acceptors (Lipinski definition) is 3. The zero-order valence-corrected chi connectivity index (χ0v) is 12.5. The van der Waals surface area contributed by atoms with Crippen molar-refractivity contribution < 1.29 is 14.6 Å². The topological polar surface area (TPSA) is 46.5 Å². The molecular weight excluding hydrogens is 252 g/mol. The summed E-state index contributed by atoms with van der Waals surface area (Å²) < 4.78 is 5.48. The van der Waals surface area contributed by atoms with Gasteiger partial charge in [-0.05, 0) is 57.7 Å². The first-order chi connectivity index (χ1) is 9.50. The second-order valence-corrected chi connectivity index (χ2v) is 5.23. The zero-order valence-electron chi connectivity index (χ0n) is 12.5. The van der Waals surface area contributed by atoms with Crippen LogP contribution in [0.5, 0.6) is 0 Å². The van der Waals surface area contributed by atoms with Gasteiger partial charge >= 0.3 is 5.97 Å². The van der Waals surface area contributed by atoms with Gasteiger partial charge in [0.25, 0.3) is 0 Å². The highest BCUT2D eigenvalue weighted by molar-refractivity contribution is 5.89. The van der Waals surface area contributed by atoms with Gasteiger partial charge in [0, 0.05) is 6.10 Å². The third kappa shape index (κ3) is 6.02. The summed E-state index contributed by atoms with van der Waals surface area (Å²) in [6.45, 7) is 5.47. The van der Waals surface area contributed by atoms with E-state index in [0.717, 1.165) is 19.3 Å². The van der Waals surface area contributed by atoms with Crippen molar-refractivity contribution in [2.45, 2.75) is 52.2 Å². The number of ether oxygens (including phenoxy) is 1. The van der Waals surface area contributed by atoms with Gasteiger partial charge in [-0.15, -0.1) is 0 Å². The molecule has 0 heterocycles. The monoisotopic (exact) mass is 276 g/mol. The number of allylic oxidation sites excluding steroid dienone is 1. The summed E-state index contributed by atoms with van der Waals surface area (Å²) in [4.78, 5) is 11.8. The Labute approximate surface area is 121 Å². The van der Waals surface area contributed by atoms with E-state index in [2.05, 4.69) is 6.08 Å². The van der Waals surface area contributed by atoms with Crippen LogP contribution in [0, 0.1) is 0 Å². The second-order valence-electron chi connectivity index (χ2n) is 5.23. The highest BCUT2D eigenvalue weighted by Crippen LogP contribution is 2.21. The fraction of sp³-hybridized carbons (Fsp3) is 0.471. The first-order valence-corrected chi connectivity index (χ1v) is 7.11. The van der Waals surface area contributed by atoms with Crippen LogP contribution in [0.2, 0.25) is 0 Å². The molecule has 1 atom stereocenters. The van der Waals surface area contributed by atoms with Crippen LogP contribution in [-0.2, 0) is 4.74 Å². The van der Waals surface area contributed by atoms with Crippen molar-refractivity contribution in [3.63, 3.8) is 0 Å². The van der Waals surface area contributed by atoms with E-state index in [0.29, 0.717) is 5.56 Å². The van der Waals surface area contributed by atoms with Crippen molar-refractivity contribution in [2.75, 3.05) is 0 Å². The first kappa shape index (κ1) is 16.4. The minimum absolute atomic E-state index is 0.0264. The van der Waals surface area contributed by atoms with Gasteiger partial charge in [0.05, 0.1) is 5.56 Å². The van der Waals surface area contributed by atoms with Gasteiger partial charge in [0.1, 0.15) is 6.10 Å². The van der Waals surface area contributed by atoms with Crippen LogP contribution in [0.3, 0.4) is 0 Å². The number of benzene rings is 1. The molecule has 0 spiro atoms. The smallest absolute Gasteiger partial charge is 0.338 e. The molecule has 20 heavy (non-hydrogen) atoms. The lowest BCUT2D eigenvalue weighted by Gasteiger charge is -2.22.